The van der Waals surface area contributed by atoms with Crippen LogP contribution in [0.3, 0.4) is 0 Å². The number of halogens is 1. The van der Waals surface area contributed by atoms with Crippen molar-refractivity contribution < 1.29 is 28.2 Å². The van der Waals surface area contributed by atoms with Crippen molar-refractivity contribution in [3.63, 3.8) is 0 Å². The van der Waals surface area contributed by atoms with Crippen molar-refractivity contribution in [2.75, 3.05) is 20.3 Å². The summed E-state index contributed by atoms with van der Waals surface area (Å²) in [4.78, 5) is 36.5. The molecular weight excluding hydrogens is 389 g/mol. The Labute approximate surface area is 175 Å². The minimum Gasteiger partial charge on any atom is -0.494 e. The van der Waals surface area contributed by atoms with Gasteiger partial charge in [0.1, 0.15) is 6.54 Å². The van der Waals surface area contributed by atoms with E-state index in [-0.39, 0.29) is 29.2 Å². The first kappa shape index (κ1) is 20.8. The quantitative estimate of drug-likeness (QED) is 0.519. The van der Waals surface area contributed by atoms with Crippen molar-refractivity contribution in [3.05, 3.63) is 29.6 Å². The molecule has 0 saturated heterocycles. The van der Waals surface area contributed by atoms with E-state index in [2.05, 4.69) is 5.32 Å². The first-order chi connectivity index (χ1) is 14.4. The lowest BCUT2D eigenvalue weighted by molar-refractivity contribution is -0.143. The summed E-state index contributed by atoms with van der Waals surface area (Å²) in [6.07, 6.45) is 7.81. The van der Waals surface area contributed by atoms with Crippen LogP contribution in [0.5, 0.6) is 5.75 Å². The third kappa shape index (κ3) is 4.50. The van der Waals surface area contributed by atoms with Crippen LogP contribution in [0.25, 0.3) is 0 Å². The van der Waals surface area contributed by atoms with Gasteiger partial charge in [-0.1, -0.05) is 0 Å². The second-order valence-corrected chi connectivity index (χ2v) is 9.30. The molecule has 0 heterocycles. The van der Waals surface area contributed by atoms with E-state index >= 15 is 0 Å². The molecule has 1 aromatic rings. The van der Waals surface area contributed by atoms with Crippen molar-refractivity contribution in [3.8, 4) is 5.75 Å². The van der Waals surface area contributed by atoms with Crippen LogP contribution in [0, 0.1) is 29.0 Å². The Morgan fingerprint density at radius 3 is 2.30 bits per heavy atom. The van der Waals surface area contributed by atoms with Crippen molar-refractivity contribution in [1.29, 1.82) is 0 Å². The summed E-state index contributed by atoms with van der Waals surface area (Å²) in [6, 6.07) is 3.79. The fourth-order valence-electron chi connectivity index (χ4n) is 6.20. The molecule has 4 aliphatic carbocycles. The number of benzene rings is 1. The number of methoxy groups -OCH3 is 1. The molecule has 0 aromatic heterocycles. The van der Waals surface area contributed by atoms with Crippen LogP contribution in [0.15, 0.2) is 18.2 Å². The van der Waals surface area contributed by atoms with Crippen LogP contribution < -0.4 is 10.1 Å². The SMILES string of the molecule is COc1ccc(C(=O)COC(=O)CNC(=O)CC23CC4CC(CC(C4)C2)C3)cc1F. The molecule has 0 radical (unpaired) electrons. The highest BCUT2D eigenvalue weighted by molar-refractivity contribution is 5.98. The van der Waals surface area contributed by atoms with Crippen molar-refractivity contribution in [1.82, 2.24) is 5.32 Å². The second-order valence-electron chi connectivity index (χ2n) is 9.30. The lowest BCUT2D eigenvalue weighted by Gasteiger charge is -2.56. The smallest absolute Gasteiger partial charge is 0.325 e. The van der Waals surface area contributed by atoms with Crippen LogP contribution >= 0.6 is 0 Å². The third-order valence-electron chi connectivity index (χ3n) is 6.97. The van der Waals surface area contributed by atoms with Gasteiger partial charge >= 0.3 is 5.97 Å². The number of ether oxygens (including phenoxy) is 2. The highest BCUT2D eigenvalue weighted by Gasteiger charge is 2.51. The number of esters is 1. The molecule has 6 nitrogen and oxygen atoms in total. The normalized spacial score (nSPS) is 28.8. The maximum atomic E-state index is 13.7. The monoisotopic (exact) mass is 417 g/mol. The zero-order valence-corrected chi connectivity index (χ0v) is 17.2. The second kappa shape index (κ2) is 8.36. The average molecular weight is 417 g/mol. The van der Waals surface area contributed by atoms with Crippen LogP contribution in [0.1, 0.15) is 55.3 Å². The van der Waals surface area contributed by atoms with E-state index in [0.717, 1.165) is 43.1 Å². The maximum Gasteiger partial charge on any atom is 0.325 e. The summed E-state index contributed by atoms with van der Waals surface area (Å²) in [5, 5.41) is 2.64. The summed E-state index contributed by atoms with van der Waals surface area (Å²) < 4.78 is 23.4. The number of Topliss-reactive ketones (excluding diaryl/α,β-unsaturated/α-hetero) is 1. The number of hydrogen-bond donors (Lipinski definition) is 1. The third-order valence-corrected chi connectivity index (χ3v) is 6.97. The number of nitrogens with one attached hydrogen (secondary N) is 1. The molecule has 1 N–H and O–H groups in total. The van der Waals surface area contributed by atoms with Gasteiger partial charge in [-0.3, -0.25) is 14.4 Å². The van der Waals surface area contributed by atoms with E-state index in [4.69, 9.17) is 9.47 Å². The predicted molar refractivity (Wildman–Crippen MR) is 106 cm³/mol. The molecule has 0 spiro atoms. The van der Waals surface area contributed by atoms with Gasteiger partial charge in [-0.15, -0.1) is 0 Å². The van der Waals surface area contributed by atoms with E-state index in [1.54, 1.807) is 0 Å². The summed E-state index contributed by atoms with van der Waals surface area (Å²) in [5.41, 5.74) is 0.198. The molecule has 0 unspecified atom stereocenters. The molecule has 1 aromatic carbocycles. The predicted octanol–water partition coefficient (Wildman–Crippen LogP) is 3.28. The molecule has 0 aliphatic heterocycles. The summed E-state index contributed by atoms with van der Waals surface area (Å²) >= 11 is 0. The minimum absolute atomic E-state index is 0.0327. The molecule has 4 saturated carbocycles. The Bertz CT molecular complexity index is 817. The fraction of sp³-hybridized carbons (Fsp3) is 0.609. The van der Waals surface area contributed by atoms with E-state index in [0.29, 0.717) is 6.42 Å². The Kier molecular flexibility index (Phi) is 5.80. The van der Waals surface area contributed by atoms with E-state index in [1.807, 2.05) is 0 Å². The van der Waals surface area contributed by atoms with Crippen molar-refractivity contribution >= 4 is 17.7 Å². The first-order valence-corrected chi connectivity index (χ1v) is 10.6. The molecular formula is C23H28FNO5. The molecule has 4 bridgehead atoms. The van der Waals surface area contributed by atoms with Gasteiger partial charge in [0.15, 0.2) is 24.0 Å². The van der Waals surface area contributed by atoms with Gasteiger partial charge < -0.3 is 14.8 Å². The Morgan fingerprint density at radius 2 is 1.73 bits per heavy atom. The molecule has 1 amide bonds. The highest BCUT2D eigenvalue weighted by atomic mass is 19.1. The van der Waals surface area contributed by atoms with Gasteiger partial charge in [-0.25, -0.2) is 4.39 Å². The number of hydrogen-bond acceptors (Lipinski definition) is 5. The van der Waals surface area contributed by atoms with E-state index in [1.165, 1.54) is 38.5 Å². The molecule has 0 atom stereocenters. The topological polar surface area (TPSA) is 81.7 Å². The number of carbonyl (C=O) groups is 3. The molecule has 30 heavy (non-hydrogen) atoms. The molecule has 4 fully saturated rings. The maximum absolute atomic E-state index is 13.7. The highest BCUT2D eigenvalue weighted by Crippen LogP contribution is 2.61. The Balaban J connectivity index is 1.21. The molecule has 4 aliphatic rings. The largest absolute Gasteiger partial charge is 0.494 e. The van der Waals surface area contributed by atoms with Crippen LogP contribution in [-0.4, -0.2) is 37.9 Å². The lowest BCUT2D eigenvalue weighted by atomic mass is 9.49. The van der Waals surface area contributed by atoms with Gasteiger partial charge in [-0.2, -0.15) is 0 Å². The summed E-state index contributed by atoms with van der Waals surface area (Å²) in [7, 11) is 1.33. The van der Waals surface area contributed by atoms with E-state index < -0.39 is 24.2 Å². The van der Waals surface area contributed by atoms with Gasteiger partial charge in [0, 0.05) is 12.0 Å². The zero-order chi connectivity index (χ0) is 21.3. The Hall–Kier alpha value is -2.44. The molecule has 7 heteroatoms. The van der Waals surface area contributed by atoms with Crippen LogP contribution in [0.2, 0.25) is 0 Å². The number of rotatable bonds is 8. The van der Waals surface area contributed by atoms with Crippen LogP contribution in [-0.2, 0) is 14.3 Å². The lowest BCUT2D eigenvalue weighted by Crippen LogP contribution is -2.48. The fourth-order valence-corrected chi connectivity index (χ4v) is 6.20. The Morgan fingerprint density at radius 1 is 1.10 bits per heavy atom. The minimum atomic E-state index is -0.684. The standard InChI is InChI=1S/C23H28FNO5/c1-29-20-3-2-17(7-18(20)24)19(26)13-30-22(28)12-25-21(27)11-23-8-14-4-15(9-23)6-16(5-14)10-23/h2-3,7,14-16H,4-6,8-13H2,1H3,(H,25,27). The van der Waals surface area contributed by atoms with Crippen molar-refractivity contribution in [2.24, 2.45) is 23.2 Å². The van der Waals surface area contributed by atoms with E-state index in [9.17, 15) is 18.8 Å². The number of carbonyl (C=O) groups excluding carboxylic acids is 3. The van der Waals surface area contributed by atoms with Gasteiger partial charge in [-0.05, 0) is 79.9 Å². The van der Waals surface area contributed by atoms with Gasteiger partial charge in [0.05, 0.1) is 7.11 Å². The number of amides is 1. The molecule has 5 rings (SSSR count). The van der Waals surface area contributed by atoms with Crippen molar-refractivity contribution in [2.45, 2.75) is 44.9 Å². The van der Waals surface area contributed by atoms with Crippen LogP contribution in [0.4, 0.5) is 4.39 Å². The molecule has 162 valence electrons. The van der Waals surface area contributed by atoms with Gasteiger partial charge in [0.2, 0.25) is 5.91 Å². The first-order valence-electron chi connectivity index (χ1n) is 10.6. The van der Waals surface area contributed by atoms with Gasteiger partial charge in [0.25, 0.3) is 0 Å². The summed E-state index contributed by atoms with van der Waals surface area (Å²) in [6.45, 7) is -0.773. The average Bonchev–Trinajstić information content (AvgIpc) is 2.69. The zero-order valence-electron chi connectivity index (χ0n) is 17.2. The summed E-state index contributed by atoms with van der Waals surface area (Å²) in [5.74, 6) is 0.337. The number of ketones is 1.